The molecule has 3 nitrogen and oxygen atoms in total. The summed E-state index contributed by atoms with van der Waals surface area (Å²) in [6.45, 7) is 1.87. The van der Waals surface area contributed by atoms with Crippen LogP contribution in [0.1, 0.15) is 17.5 Å². The van der Waals surface area contributed by atoms with Gasteiger partial charge < -0.3 is 0 Å². The number of hydrogen-bond donors (Lipinski definition) is 1. The van der Waals surface area contributed by atoms with Crippen LogP contribution in [-0.4, -0.2) is 15.0 Å². The van der Waals surface area contributed by atoms with Crippen molar-refractivity contribution >= 4 is 21.6 Å². The van der Waals surface area contributed by atoms with Crippen LogP contribution in [0.25, 0.3) is 0 Å². The predicted octanol–water partition coefficient (Wildman–Crippen LogP) is 3.70. The van der Waals surface area contributed by atoms with Crippen LogP contribution in [0.2, 0.25) is 5.02 Å². The van der Waals surface area contributed by atoms with E-state index < -0.39 is 15.8 Å². The fraction of sp³-hybridized carbons (Fsp3) is 0.250. The summed E-state index contributed by atoms with van der Waals surface area (Å²) in [5.74, 6) is -0.449. The first kappa shape index (κ1) is 16.9. The molecule has 0 aliphatic heterocycles. The molecule has 0 spiro atoms. The molecule has 2 aromatic carbocycles. The molecule has 0 fully saturated rings. The highest BCUT2D eigenvalue weighted by molar-refractivity contribution is 7.89. The van der Waals surface area contributed by atoms with Gasteiger partial charge >= 0.3 is 0 Å². The average Bonchev–Trinajstić information content (AvgIpc) is 2.45. The zero-order valence-electron chi connectivity index (χ0n) is 12.1. The summed E-state index contributed by atoms with van der Waals surface area (Å²) in [5.41, 5.74) is 1.37. The van der Waals surface area contributed by atoms with E-state index in [4.69, 9.17) is 11.6 Å². The Hall–Kier alpha value is -1.43. The van der Waals surface area contributed by atoms with E-state index in [1.165, 1.54) is 12.1 Å². The molecule has 0 aliphatic carbocycles. The Kier molecular flexibility index (Phi) is 5.56. The van der Waals surface area contributed by atoms with Crippen LogP contribution in [0.3, 0.4) is 0 Å². The Morgan fingerprint density at radius 3 is 2.59 bits per heavy atom. The highest BCUT2D eigenvalue weighted by atomic mass is 35.5. The maximum atomic E-state index is 13.0. The zero-order valence-corrected chi connectivity index (χ0v) is 13.7. The normalized spacial score (nSPS) is 11.6. The summed E-state index contributed by atoms with van der Waals surface area (Å²) >= 11 is 6.05. The molecule has 0 amide bonds. The second kappa shape index (κ2) is 7.22. The van der Waals surface area contributed by atoms with E-state index in [0.717, 1.165) is 11.6 Å². The molecule has 22 heavy (non-hydrogen) atoms. The van der Waals surface area contributed by atoms with Gasteiger partial charge in [-0.15, -0.1) is 0 Å². The lowest BCUT2D eigenvalue weighted by molar-refractivity contribution is 0.577. The van der Waals surface area contributed by atoms with Gasteiger partial charge in [-0.25, -0.2) is 17.5 Å². The molecule has 0 heterocycles. The highest BCUT2D eigenvalue weighted by Gasteiger charge is 2.16. The monoisotopic (exact) mass is 341 g/mol. The van der Waals surface area contributed by atoms with E-state index in [9.17, 15) is 12.8 Å². The first-order valence-corrected chi connectivity index (χ1v) is 8.75. The van der Waals surface area contributed by atoms with Crippen molar-refractivity contribution < 1.29 is 12.8 Å². The minimum atomic E-state index is -3.62. The van der Waals surface area contributed by atoms with Gasteiger partial charge in [-0.05, 0) is 55.2 Å². The van der Waals surface area contributed by atoms with Gasteiger partial charge in [0.2, 0.25) is 10.0 Å². The summed E-state index contributed by atoms with van der Waals surface area (Å²) < 4.78 is 39.9. The van der Waals surface area contributed by atoms with Gasteiger partial charge in [0.05, 0.1) is 4.90 Å². The summed E-state index contributed by atoms with van der Waals surface area (Å²) in [4.78, 5) is 0.103. The van der Waals surface area contributed by atoms with Gasteiger partial charge in [0.15, 0.2) is 0 Å². The largest absolute Gasteiger partial charge is 0.240 e. The first-order chi connectivity index (χ1) is 10.4. The fourth-order valence-corrected chi connectivity index (χ4v) is 3.71. The van der Waals surface area contributed by atoms with Crippen molar-refractivity contribution in [1.82, 2.24) is 4.72 Å². The molecule has 0 bridgehead atoms. The molecular formula is C16H17ClFNO2S. The molecule has 0 aliphatic rings. The molecule has 2 rings (SSSR count). The van der Waals surface area contributed by atoms with Crippen LogP contribution in [-0.2, 0) is 16.4 Å². The minimum absolute atomic E-state index is 0.103. The maximum absolute atomic E-state index is 13.0. The van der Waals surface area contributed by atoms with Crippen molar-refractivity contribution in [3.05, 3.63) is 64.4 Å². The van der Waals surface area contributed by atoms with Crippen molar-refractivity contribution in [3.8, 4) is 0 Å². The predicted molar refractivity (Wildman–Crippen MR) is 86.1 cm³/mol. The quantitative estimate of drug-likeness (QED) is 0.814. The molecule has 0 saturated heterocycles. The van der Waals surface area contributed by atoms with E-state index in [0.29, 0.717) is 30.0 Å². The number of sulfonamides is 1. The molecular weight excluding hydrogens is 325 g/mol. The summed E-state index contributed by atoms with van der Waals surface area (Å²) in [7, 11) is -3.62. The fourth-order valence-electron chi connectivity index (χ4n) is 2.18. The lowest BCUT2D eigenvalue weighted by atomic mass is 10.1. The third kappa shape index (κ3) is 4.29. The lowest BCUT2D eigenvalue weighted by Crippen LogP contribution is -2.25. The van der Waals surface area contributed by atoms with Crippen LogP contribution in [0.15, 0.2) is 47.4 Å². The average molecular weight is 342 g/mol. The third-order valence-corrected chi connectivity index (χ3v) is 5.29. The standard InChI is InChI=1S/C16H17ClFNO2S/c1-12-11-14(18)8-9-16(12)22(20,21)19-10-4-6-13-5-2-3-7-15(13)17/h2-3,5,7-9,11,19H,4,6,10H2,1H3. The van der Waals surface area contributed by atoms with E-state index >= 15 is 0 Å². The summed E-state index contributed by atoms with van der Waals surface area (Å²) in [5, 5.41) is 0.680. The smallest absolute Gasteiger partial charge is 0.211 e. The number of nitrogens with one attached hydrogen (secondary N) is 1. The van der Waals surface area contributed by atoms with Gasteiger partial charge in [0.25, 0.3) is 0 Å². The van der Waals surface area contributed by atoms with E-state index in [2.05, 4.69) is 4.72 Å². The molecule has 0 atom stereocenters. The molecule has 0 unspecified atom stereocenters. The molecule has 0 radical (unpaired) electrons. The van der Waals surface area contributed by atoms with Crippen molar-refractivity contribution in [3.63, 3.8) is 0 Å². The van der Waals surface area contributed by atoms with Crippen molar-refractivity contribution in [2.45, 2.75) is 24.7 Å². The minimum Gasteiger partial charge on any atom is -0.211 e. The van der Waals surface area contributed by atoms with Crippen LogP contribution < -0.4 is 4.72 Å². The number of rotatable bonds is 6. The van der Waals surface area contributed by atoms with E-state index in [-0.39, 0.29) is 4.90 Å². The molecule has 0 saturated carbocycles. The third-order valence-electron chi connectivity index (χ3n) is 3.30. The Balaban J connectivity index is 1.94. The number of aryl methyl sites for hydroxylation is 2. The van der Waals surface area contributed by atoms with Crippen LogP contribution in [0, 0.1) is 12.7 Å². The second-order valence-corrected chi connectivity index (χ2v) is 7.15. The lowest BCUT2D eigenvalue weighted by Gasteiger charge is -2.09. The Bertz CT molecular complexity index is 762. The topological polar surface area (TPSA) is 46.2 Å². The molecule has 2 aromatic rings. The molecule has 118 valence electrons. The van der Waals surface area contributed by atoms with E-state index in [1.54, 1.807) is 6.92 Å². The van der Waals surface area contributed by atoms with Crippen molar-refractivity contribution in [2.24, 2.45) is 0 Å². The van der Waals surface area contributed by atoms with Crippen LogP contribution in [0.4, 0.5) is 4.39 Å². The molecule has 6 heteroatoms. The zero-order chi connectivity index (χ0) is 16.2. The summed E-state index contributed by atoms with van der Waals surface area (Å²) in [6, 6.07) is 11.1. The SMILES string of the molecule is Cc1cc(F)ccc1S(=O)(=O)NCCCc1ccccc1Cl. The Labute approximate surface area is 135 Å². The number of hydrogen-bond acceptors (Lipinski definition) is 2. The Morgan fingerprint density at radius 1 is 1.18 bits per heavy atom. The maximum Gasteiger partial charge on any atom is 0.240 e. The van der Waals surface area contributed by atoms with Crippen LogP contribution >= 0.6 is 11.6 Å². The van der Waals surface area contributed by atoms with Gasteiger partial charge in [0, 0.05) is 11.6 Å². The van der Waals surface area contributed by atoms with Gasteiger partial charge in [-0.2, -0.15) is 0 Å². The molecule has 0 aromatic heterocycles. The van der Waals surface area contributed by atoms with Gasteiger partial charge in [-0.3, -0.25) is 0 Å². The van der Waals surface area contributed by atoms with Gasteiger partial charge in [0.1, 0.15) is 5.82 Å². The second-order valence-electron chi connectivity index (χ2n) is 5.00. The van der Waals surface area contributed by atoms with Gasteiger partial charge in [-0.1, -0.05) is 29.8 Å². The number of benzene rings is 2. The van der Waals surface area contributed by atoms with Crippen LogP contribution in [0.5, 0.6) is 0 Å². The first-order valence-electron chi connectivity index (χ1n) is 6.89. The highest BCUT2D eigenvalue weighted by Crippen LogP contribution is 2.17. The van der Waals surface area contributed by atoms with Crippen molar-refractivity contribution in [1.29, 1.82) is 0 Å². The summed E-state index contributed by atoms with van der Waals surface area (Å²) in [6.07, 6.45) is 1.31. The van der Waals surface area contributed by atoms with E-state index in [1.807, 2.05) is 24.3 Å². The number of halogens is 2. The molecule has 1 N–H and O–H groups in total. The van der Waals surface area contributed by atoms with Crippen molar-refractivity contribution in [2.75, 3.05) is 6.54 Å². The Morgan fingerprint density at radius 2 is 1.91 bits per heavy atom.